The van der Waals surface area contributed by atoms with Crippen LogP contribution < -0.4 is 0 Å². The van der Waals surface area contributed by atoms with Crippen molar-refractivity contribution in [2.75, 3.05) is 13.2 Å². The van der Waals surface area contributed by atoms with E-state index in [9.17, 15) is 9.59 Å². The summed E-state index contributed by atoms with van der Waals surface area (Å²) in [6.07, 6.45) is 0. The fourth-order valence-electron chi connectivity index (χ4n) is 2.24. The van der Waals surface area contributed by atoms with Crippen molar-refractivity contribution in [2.24, 2.45) is 11.8 Å². The molecule has 0 aliphatic heterocycles. The van der Waals surface area contributed by atoms with Gasteiger partial charge >= 0.3 is 11.9 Å². The fourth-order valence-corrected chi connectivity index (χ4v) is 3.58. The smallest absolute Gasteiger partial charge is 0.374 e. The maximum Gasteiger partial charge on any atom is 0.374 e. The summed E-state index contributed by atoms with van der Waals surface area (Å²) in [6, 6.07) is 6.12. The summed E-state index contributed by atoms with van der Waals surface area (Å²) in [5.74, 6) is -1.83. The summed E-state index contributed by atoms with van der Waals surface area (Å²) in [5, 5.41) is 0. The second-order valence-corrected chi connectivity index (χ2v) is 8.30. The van der Waals surface area contributed by atoms with Crippen molar-refractivity contribution < 1.29 is 27.9 Å². The Morgan fingerprint density at radius 2 is 1.32 bits per heavy atom. The van der Waals surface area contributed by atoms with Crippen LogP contribution in [0, 0.1) is 11.8 Å². The van der Waals surface area contributed by atoms with Crippen LogP contribution in [-0.2, 0) is 9.47 Å². The third-order valence-electron chi connectivity index (χ3n) is 3.70. The van der Waals surface area contributed by atoms with Gasteiger partial charge in [0.05, 0.1) is 13.2 Å². The second kappa shape index (κ2) is 7.34. The van der Waals surface area contributed by atoms with Gasteiger partial charge in [-0.05, 0) is 56.1 Å². The lowest BCUT2D eigenvalue weighted by Gasteiger charge is -2.03. The van der Waals surface area contributed by atoms with E-state index < -0.39 is 16.3 Å². The van der Waals surface area contributed by atoms with Crippen molar-refractivity contribution in [1.29, 1.82) is 0 Å². The Balaban J connectivity index is 1.48. The molecular formula is C15H10Br2Cl2O6. The molecule has 2 heterocycles. The Morgan fingerprint density at radius 1 is 0.920 bits per heavy atom. The summed E-state index contributed by atoms with van der Waals surface area (Å²) in [5.41, 5.74) is 0. The van der Waals surface area contributed by atoms with Gasteiger partial charge in [-0.1, -0.05) is 0 Å². The van der Waals surface area contributed by atoms with Gasteiger partial charge in [0.1, 0.15) is 4.33 Å². The van der Waals surface area contributed by atoms with E-state index in [1.54, 1.807) is 12.1 Å². The zero-order valence-electron chi connectivity index (χ0n) is 12.3. The highest BCUT2D eigenvalue weighted by molar-refractivity contribution is 9.10. The number of alkyl halides is 2. The second-order valence-electron chi connectivity index (χ2n) is 5.29. The Hall–Kier alpha value is -0.960. The van der Waals surface area contributed by atoms with Crippen LogP contribution >= 0.6 is 55.1 Å². The van der Waals surface area contributed by atoms with E-state index in [1.165, 1.54) is 12.1 Å². The van der Waals surface area contributed by atoms with Crippen LogP contribution in [0.25, 0.3) is 0 Å². The number of hydrogen-bond acceptors (Lipinski definition) is 6. The fraction of sp³-hybridized carbons (Fsp3) is 0.333. The van der Waals surface area contributed by atoms with Gasteiger partial charge < -0.3 is 18.3 Å². The third kappa shape index (κ3) is 4.24. The molecule has 0 saturated heterocycles. The minimum absolute atomic E-state index is 0.0152. The molecule has 1 aliphatic carbocycles. The molecule has 0 aromatic carbocycles. The van der Waals surface area contributed by atoms with Crippen molar-refractivity contribution >= 4 is 67.0 Å². The molecule has 1 saturated carbocycles. The lowest BCUT2D eigenvalue weighted by Crippen LogP contribution is -2.10. The van der Waals surface area contributed by atoms with Gasteiger partial charge in [0, 0.05) is 11.8 Å². The van der Waals surface area contributed by atoms with Crippen molar-refractivity contribution in [1.82, 2.24) is 0 Å². The topological polar surface area (TPSA) is 78.9 Å². The predicted octanol–water partition coefficient (Wildman–Crippen LogP) is 4.83. The standard InChI is InChI=1S/C15H10Br2Cl2O6/c16-11-3-1-9(24-11)13(20)22-5-7-8(15(7,18)19)6-23-14(21)10-2-4-12(17)25-10/h1-4,7-8H,5-6H2/t7-,8-/m1/s1. The van der Waals surface area contributed by atoms with Crippen LogP contribution in [-0.4, -0.2) is 29.5 Å². The van der Waals surface area contributed by atoms with Crippen LogP contribution in [0.4, 0.5) is 0 Å². The lowest BCUT2D eigenvalue weighted by atomic mass is 10.3. The molecule has 6 nitrogen and oxygen atoms in total. The van der Waals surface area contributed by atoms with Crippen molar-refractivity contribution in [3.63, 3.8) is 0 Å². The predicted molar refractivity (Wildman–Crippen MR) is 94.8 cm³/mol. The van der Waals surface area contributed by atoms with E-state index >= 15 is 0 Å². The number of carbonyl (C=O) groups excluding carboxylic acids is 2. The van der Waals surface area contributed by atoms with Gasteiger partial charge in [-0.3, -0.25) is 0 Å². The van der Waals surface area contributed by atoms with E-state index in [1.807, 2.05) is 0 Å². The molecule has 0 bridgehead atoms. The number of esters is 2. The van der Waals surface area contributed by atoms with Crippen LogP contribution in [0.15, 0.2) is 42.4 Å². The van der Waals surface area contributed by atoms with Crippen molar-refractivity contribution in [3.05, 3.63) is 45.1 Å². The maximum absolute atomic E-state index is 11.8. The van der Waals surface area contributed by atoms with E-state index in [2.05, 4.69) is 31.9 Å². The molecule has 25 heavy (non-hydrogen) atoms. The van der Waals surface area contributed by atoms with Gasteiger partial charge in [0.2, 0.25) is 11.5 Å². The Bertz CT molecular complexity index is 735. The largest absolute Gasteiger partial charge is 0.459 e. The highest BCUT2D eigenvalue weighted by Gasteiger charge is 2.64. The normalized spacial score (nSPS) is 21.0. The van der Waals surface area contributed by atoms with E-state index in [0.29, 0.717) is 9.34 Å². The lowest BCUT2D eigenvalue weighted by molar-refractivity contribution is 0.0382. The summed E-state index contributed by atoms with van der Waals surface area (Å²) < 4.78 is 20.2. The molecular weight excluding hydrogens is 507 g/mol. The molecule has 0 spiro atoms. The quantitative estimate of drug-likeness (QED) is 0.404. The molecule has 2 aromatic heterocycles. The molecule has 0 amide bonds. The molecule has 3 rings (SSSR count). The van der Waals surface area contributed by atoms with Gasteiger partial charge in [-0.15, -0.1) is 23.2 Å². The van der Waals surface area contributed by atoms with Crippen LogP contribution in [0.2, 0.25) is 0 Å². The highest BCUT2D eigenvalue weighted by Crippen LogP contribution is 2.59. The Labute approximate surface area is 169 Å². The van der Waals surface area contributed by atoms with Crippen LogP contribution in [0.5, 0.6) is 0 Å². The number of halogens is 4. The van der Waals surface area contributed by atoms with Crippen LogP contribution in [0.1, 0.15) is 21.1 Å². The molecule has 0 unspecified atom stereocenters. The summed E-state index contributed by atoms with van der Waals surface area (Å²) in [4.78, 5) is 23.7. The first-order valence-electron chi connectivity index (χ1n) is 7.01. The molecule has 1 fully saturated rings. The molecule has 1 aliphatic rings. The Kier molecular flexibility index (Phi) is 5.53. The summed E-state index contributed by atoms with van der Waals surface area (Å²) >= 11 is 18.5. The molecule has 134 valence electrons. The first-order chi connectivity index (χ1) is 11.8. The van der Waals surface area contributed by atoms with Gasteiger partial charge in [0.15, 0.2) is 9.34 Å². The van der Waals surface area contributed by atoms with Crippen molar-refractivity contribution in [3.8, 4) is 0 Å². The number of hydrogen-bond donors (Lipinski definition) is 0. The Morgan fingerprint density at radius 3 is 1.64 bits per heavy atom. The van der Waals surface area contributed by atoms with Crippen LogP contribution in [0.3, 0.4) is 0 Å². The van der Waals surface area contributed by atoms with E-state index in [4.69, 9.17) is 41.5 Å². The minimum atomic E-state index is -1.13. The first-order valence-corrected chi connectivity index (χ1v) is 9.36. The molecule has 0 N–H and O–H groups in total. The van der Waals surface area contributed by atoms with E-state index in [0.717, 1.165) is 0 Å². The number of ether oxygens (including phenoxy) is 2. The van der Waals surface area contributed by atoms with Gasteiger partial charge in [0.25, 0.3) is 0 Å². The minimum Gasteiger partial charge on any atom is -0.459 e. The zero-order valence-corrected chi connectivity index (χ0v) is 17.0. The van der Waals surface area contributed by atoms with E-state index in [-0.39, 0.29) is 36.6 Å². The maximum atomic E-state index is 11.8. The summed E-state index contributed by atoms with van der Waals surface area (Å²) in [7, 11) is 0. The number of rotatable bonds is 6. The van der Waals surface area contributed by atoms with Gasteiger partial charge in [-0.25, -0.2) is 9.59 Å². The third-order valence-corrected chi connectivity index (χ3v) is 5.68. The molecule has 2 aromatic rings. The zero-order chi connectivity index (χ0) is 18.2. The number of furan rings is 2. The SMILES string of the molecule is O=C(OC[C@@H]1[C@@H](COC(=O)c2ccc(Br)o2)C1(Cl)Cl)c1ccc(Br)o1. The molecule has 10 heteroatoms. The molecule has 0 radical (unpaired) electrons. The van der Waals surface area contributed by atoms with Gasteiger partial charge in [-0.2, -0.15) is 0 Å². The summed E-state index contributed by atoms with van der Waals surface area (Å²) in [6.45, 7) is -0.0304. The average Bonchev–Trinajstić information content (AvgIpc) is 2.97. The number of carbonyl (C=O) groups is 2. The molecule has 2 atom stereocenters. The first kappa shape index (κ1) is 18.8. The highest BCUT2D eigenvalue weighted by atomic mass is 79.9. The monoisotopic (exact) mass is 514 g/mol. The average molecular weight is 517 g/mol. The van der Waals surface area contributed by atoms with Crippen molar-refractivity contribution in [2.45, 2.75) is 4.33 Å².